The van der Waals surface area contributed by atoms with Gasteiger partial charge in [0.15, 0.2) is 0 Å². The minimum atomic E-state index is 0. The molecule has 2 heterocycles. The Labute approximate surface area is 129 Å². The molecule has 3 N–H and O–H groups in total. The number of rotatable bonds is 2. The maximum atomic E-state index is 12.6. The van der Waals surface area contributed by atoms with Crippen molar-refractivity contribution in [3.8, 4) is 11.3 Å². The number of aromatic nitrogens is 2. The number of carbonyl (C=O) groups is 1. The summed E-state index contributed by atoms with van der Waals surface area (Å²) < 4.78 is 0. The zero-order valence-electron chi connectivity index (χ0n) is 11.7. The van der Waals surface area contributed by atoms with Crippen LogP contribution in [0.3, 0.4) is 0 Å². The third kappa shape index (κ3) is 3.25. The van der Waals surface area contributed by atoms with Gasteiger partial charge in [-0.2, -0.15) is 5.10 Å². The van der Waals surface area contributed by atoms with Crippen molar-refractivity contribution >= 4 is 18.3 Å². The summed E-state index contributed by atoms with van der Waals surface area (Å²) in [5.41, 5.74) is 8.27. The van der Waals surface area contributed by atoms with Gasteiger partial charge in [0, 0.05) is 24.7 Å². The molecule has 1 aliphatic rings. The Morgan fingerprint density at radius 1 is 1.24 bits per heavy atom. The lowest BCUT2D eigenvalue weighted by Gasteiger charge is -2.30. The number of nitrogens with two attached hydrogens (primary N) is 1. The van der Waals surface area contributed by atoms with Crippen molar-refractivity contribution in [3.63, 3.8) is 0 Å². The summed E-state index contributed by atoms with van der Waals surface area (Å²) in [6.45, 7) is 1.44. The Kier molecular flexibility index (Phi) is 4.98. The normalized spacial score (nSPS) is 15.6. The van der Waals surface area contributed by atoms with Gasteiger partial charge in [-0.3, -0.25) is 9.89 Å². The van der Waals surface area contributed by atoms with Crippen LogP contribution in [0.5, 0.6) is 0 Å². The van der Waals surface area contributed by atoms with E-state index < -0.39 is 0 Å². The molecule has 6 heteroatoms. The first-order valence-electron chi connectivity index (χ1n) is 6.89. The topological polar surface area (TPSA) is 75.0 Å². The predicted molar refractivity (Wildman–Crippen MR) is 84.4 cm³/mol. The molecule has 0 spiro atoms. The van der Waals surface area contributed by atoms with E-state index in [-0.39, 0.29) is 24.4 Å². The van der Waals surface area contributed by atoms with Crippen LogP contribution < -0.4 is 5.73 Å². The molecule has 3 rings (SSSR count). The van der Waals surface area contributed by atoms with E-state index in [9.17, 15) is 4.79 Å². The van der Waals surface area contributed by atoms with E-state index in [4.69, 9.17) is 5.73 Å². The summed E-state index contributed by atoms with van der Waals surface area (Å²) in [7, 11) is 0. The molecule has 0 unspecified atom stereocenters. The summed E-state index contributed by atoms with van der Waals surface area (Å²) >= 11 is 0. The first-order valence-corrected chi connectivity index (χ1v) is 6.89. The quantitative estimate of drug-likeness (QED) is 0.892. The van der Waals surface area contributed by atoms with Crippen LogP contribution in [0.15, 0.2) is 36.5 Å². The van der Waals surface area contributed by atoms with Crippen molar-refractivity contribution in [2.24, 2.45) is 5.73 Å². The Morgan fingerprint density at radius 2 is 1.90 bits per heavy atom. The molecular weight excluding hydrogens is 288 g/mol. The van der Waals surface area contributed by atoms with Crippen molar-refractivity contribution < 1.29 is 4.79 Å². The number of H-pyrrole nitrogens is 1. The first-order chi connectivity index (χ1) is 9.75. The number of aromatic amines is 1. The number of hydrogen-bond donors (Lipinski definition) is 2. The molecular formula is C15H19ClN4O. The van der Waals surface area contributed by atoms with Crippen molar-refractivity contribution in [1.82, 2.24) is 15.1 Å². The Bertz CT molecular complexity index is 591. The lowest BCUT2D eigenvalue weighted by molar-refractivity contribution is 0.0715. The molecule has 1 aliphatic heterocycles. The molecule has 2 aromatic rings. The van der Waals surface area contributed by atoms with Crippen LogP contribution in [0, 0.1) is 0 Å². The van der Waals surface area contributed by atoms with E-state index in [1.165, 1.54) is 0 Å². The minimum absolute atomic E-state index is 0. The molecule has 0 radical (unpaired) electrons. The number of halogens is 1. The Hall–Kier alpha value is -1.85. The van der Waals surface area contributed by atoms with Crippen LogP contribution in [0.2, 0.25) is 0 Å². The summed E-state index contributed by atoms with van der Waals surface area (Å²) in [6.07, 6.45) is 3.34. The molecule has 1 aromatic heterocycles. The fraction of sp³-hybridized carbons (Fsp3) is 0.333. The Balaban J connectivity index is 0.00000161. The fourth-order valence-electron chi connectivity index (χ4n) is 2.55. The number of hydrogen-bond acceptors (Lipinski definition) is 3. The molecule has 1 aromatic carbocycles. The lowest BCUT2D eigenvalue weighted by atomic mass is 10.0. The molecule has 112 valence electrons. The SMILES string of the molecule is Cl.NC1CCN(C(=O)c2cn[nH]c2-c2ccccc2)CC1. The van der Waals surface area contributed by atoms with E-state index in [1.807, 2.05) is 35.2 Å². The molecule has 1 amide bonds. The van der Waals surface area contributed by atoms with E-state index >= 15 is 0 Å². The summed E-state index contributed by atoms with van der Waals surface area (Å²) in [5, 5.41) is 6.96. The van der Waals surface area contributed by atoms with Gasteiger partial charge in [-0.15, -0.1) is 12.4 Å². The van der Waals surface area contributed by atoms with Crippen molar-refractivity contribution in [2.45, 2.75) is 18.9 Å². The average Bonchev–Trinajstić information content (AvgIpc) is 2.97. The monoisotopic (exact) mass is 306 g/mol. The van der Waals surface area contributed by atoms with Gasteiger partial charge in [0.25, 0.3) is 5.91 Å². The van der Waals surface area contributed by atoms with Gasteiger partial charge in [0.1, 0.15) is 0 Å². The van der Waals surface area contributed by atoms with Gasteiger partial charge in [-0.05, 0) is 12.8 Å². The maximum Gasteiger partial charge on any atom is 0.257 e. The van der Waals surface area contributed by atoms with Gasteiger partial charge >= 0.3 is 0 Å². The van der Waals surface area contributed by atoms with Crippen LogP contribution in [0.25, 0.3) is 11.3 Å². The van der Waals surface area contributed by atoms with Crippen molar-refractivity contribution in [1.29, 1.82) is 0 Å². The van der Waals surface area contributed by atoms with Crippen LogP contribution in [0.4, 0.5) is 0 Å². The van der Waals surface area contributed by atoms with Crippen LogP contribution in [-0.4, -0.2) is 40.1 Å². The smallest absolute Gasteiger partial charge is 0.257 e. The number of carbonyl (C=O) groups excluding carboxylic acids is 1. The lowest BCUT2D eigenvalue weighted by Crippen LogP contribution is -2.42. The molecule has 5 nitrogen and oxygen atoms in total. The van der Waals surface area contributed by atoms with Crippen molar-refractivity contribution in [3.05, 3.63) is 42.1 Å². The second-order valence-electron chi connectivity index (χ2n) is 5.15. The average molecular weight is 307 g/mol. The number of piperidine rings is 1. The molecule has 0 bridgehead atoms. The molecule has 1 fully saturated rings. The van der Waals surface area contributed by atoms with Crippen molar-refractivity contribution in [2.75, 3.05) is 13.1 Å². The van der Waals surface area contributed by atoms with E-state index in [2.05, 4.69) is 10.2 Å². The van der Waals surface area contributed by atoms with Gasteiger partial charge in [-0.1, -0.05) is 30.3 Å². The van der Waals surface area contributed by atoms with E-state index in [0.717, 1.165) is 37.2 Å². The number of amides is 1. The molecule has 0 atom stereocenters. The van der Waals surface area contributed by atoms with E-state index in [0.29, 0.717) is 5.56 Å². The third-order valence-electron chi connectivity index (χ3n) is 3.76. The first kappa shape index (κ1) is 15.5. The highest BCUT2D eigenvalue weighted by molar-refractivity contribution is 5.99. The van der Waals surface area contributed by atoms with Crippen LogP contribution in [0.1, 0.15) is 23.2 Å². The molecule has 0 aliphatic carbocycles. The largest absolute Gasteiger partial charge is 0.338 e. The summed E-state index contributed by atoms with van der Waals surface area (Å²) in [6, 6.07) is 10.0. The molecule has 0 saturated carbocycles. The third-order valence-corrected chi connectivity index (χ3v) is 3.76. The maximum absolute atomic E-state index is 12.6. The highest BCUT2D eigenvalue weighted by Gasteiger charge is 2.24. The van der Waals surface area contributed by atoms with Crippen LogP contribution in [-0.2, 0) is 0 Å². The zero-order valence-corrected chi connectivity index (χ0v) is 12.5. The summed E-state index contributed by atoms with van der Waals surface area (Å²) in [5.74, 6) is 0.0319. The standard InChI is InChI=1S/C15H18N4O.ClH/c16-12-6-8-19(9-7-12)15(20)13-10-17-18-14(13)11-4-2-1-3-5-11;/h1-5,10,12H,6-9,16H2,(H,17,18);1H. The fourth-order valence-corrected chi connectivity index (χ4v) is 2.55. The molecule has 21 heavy (non-hydrogen) atoms. The zero-order chi connectivity index (χ0) is 13.9. The van der Waals surface area contributed by atoms with Gasteiger partial charge in [0.05, 0.1) is 17.5 Å². The van der Waals surface area contributed by atoms with E-state index in [1.54, 1.807) is 6.20 Å². The highest BCUT2D eigenvalue weighted by atomic mass is 35.5. The molecule has 1 saturated heterocycles. The minimum Gasteiger partial charge on any atom is -0.338 e. The predicted octanol–water partition coefficient (Wildman–Crippen LogP) is 2.06. The Morgan fingerprint density at radius 3 is 2.57 bits per heavy atom. The second-order valence-corrected chi connectivity index (χ2v) is 5.15. The highest BCUT2D eigenvalue weighted by Crippen LogP contribution is 2.23. The van der Waals surface area contributed by atoms with Gasteiger partial charge in [-0.25, -0.2) is 0 Å². The van der Waals surface area contributed by atoms with Gasteiger partial charge < -0.3 is 10.6 Å². The second kappa shape index (κ2) is 6.74. The number of likely N-dealkylation sites (tertiary alicyclic amines) is 1. The number of nitrogens with zero attached hydrogens (tertiary/aromatic N) is 2. The number of nitrogens with one attached hydrogen (secondary N) is 1. The van der Waals surface area contributed by atoms with Gasteiger partial charge in [0.2, 0.25) is 0 Å². The number of benzene rings is 1. The van der Waals surface area contributed by atoms with Crippen LogP contribution >= 0.6 is 12.4 Å². The summed E-state index contributed by atoms with van der Waals surface area (Å²) in [4.78, 5) is 14.4.